The minimum Gasteiger partial charge on any atom is -0.312 e. The molecule has 1 fully saturated rings. The third kappa shape index (κ3) is 1.77. The predicted molar refractivity (Wildman–Crippen MR) is 81.0 cm³/mol. The zero-order chi connectivity index (χ0) is 16.3. The fraction of sp³-hybridized carbons (Fsp3) is 0.333. The summed E-state index contributed by atoms with van der Waals surface area (Å²) in [5.41, 5.74) is 1.48. The summed E-state index contributed by atoms with van der Waals surface area (Å²) in [6.45, 7) is -0.0525. The molecule has 1 aromatic carbocycles. The maximum Gasteiger partial charge on any atom is 0.330 e. The molecule has 2 aliphatic rings. The van der Waals surface area contributed by atoms with Crippen molar-refractivity contribution in [1.82, 2.24) is 14.5 Å². The molecule has 0 spiro atoms. The monoisotopic (exact) mass is 314 g/mol. The van der Waals surface area contributed by atoms with E-state index in [1.807, 2.05) is 0 Å². The Bertz CT molecular complexity index is 939. The van der Waals surface area contributed by atoms with Crippen LogP contribution in [0.1, 0.15) is 18.9 Å². The number of anilines is 1. The Balaban J connectivity index is 1.99. The molecule has 118 valence electrons. The summed E-state index contributed by atoms with van der Waals surface area (Å²) in [6, 6.07) is 4.53. The van der Waals surface area contributed by atoms with Crippen LogP contribution >= 0.6 is 0 Å². The fourth-order valence-corrected chi connectivity index (χ4v) is 3.34. The summed E-state index contributed by atoms with van der Waals surface area (Å²) in [4.78, 5) is 49.8. The van der Waals surface area contributed by atoms with Crippen molar-refractivity contribution in [3.63, 3.8) is 0 Å². The lowest BCUT2D eigenvalue weighted by atomic mass is 10.1. The number of likely N-dealkylation sites (N-methyl/N-ethyl adjacent to an activating group) is 1. The van der Waals surface area contributed by atoms with Crippen molar-refractivity contribution in [2.24, 2.45) is 0 Å². The molecule has 1 N–H and O–H groups in total. The first-order valence-corrected chi connectivity index (χ1v) is 7.33. The predicted octanol–water partition coefficient (Wildman–Crippen LogP) is -0.243. The number of aromatic nitrogens is 2. The van der Waals surface area contributed by atoms with Crippen molar-refractivity contribution in [3.8, 4) is 0 Å². The fourth-order valence-electron chi connectivity index (χ4n) is 3.34. The van der Waals surface area contributed by atoms with Gasteiger partial charge in [-0.3, -0.25) is 28.8 Å². The van der Waals surface area contributed by atoms with E-state index in [4.69, 9.17) is 0 Å². The molecule has 8 heteroatoms. The van der Waals surface area contributed by atoms with Crippen molar-refractivity contribution in [2.75, 3.05) is 11.9 Å². The zero-order valence-electron chi connectivity index (χ0n) is 12.4. The summed E-state index contributed by atoms with van der Waals surface area (Å²) < 4.78 is 2.80. The molecular weight excluding hydrogens is 300 g/mol. The topological polar surface area (TPSA) is 93.4 Å². The molecule has 1 unspecified atom stereocenters. The Morgan fingerprint density at radius 1 is 1.17 bits per heavy atom. The maximum atomic E-state index is 12.8. The molecule has 3 heterocycles. The number of hydrogen-bond donors (Lipinski definition) is 1. The van der Waals surface area contributed by atoms with E-state index in [1.54, 1.807) is 25.2 Å². The van der Waals surface area contributed by atoms with E-state index >= 15 is 0 Å². The molecule has 3 amide bonds. The van der Waals surface area contributed by atoms with E-state index in [9.17, 15) is 19.2 Å². The van der Waals surface area contributed by atoms with Crippen molar-refractivity contribution in [1.29, 1.82) is 0 Å². The molecule has 1 aromatic heterocycles. The van der Waals surface area contributed by atoms with Gasteiger partial charge in [-0.25, -0.2) is 4.79 Å². The highest BCUT2D eigenvalue weighted by Gasteiger charge is 2.34. The van der Waals surface area contributed by atoms with Gasteiger partial charge in [-0.15, -0.1) is 0 Å². The number of imide groups is 1. The van der Waals surface area contributed by atoms with Crippen LogP contribution < -0.4 is 15.9 Å². The van der Waals surface area contributed by atoms with Gasteiger partial charge in [0.1, 0.15) is 12.6 Å². The number of carbonyl (C=O) groups is 3. The van der Waals surface area contributed by atoms with Crippen LogP contribution in [-0.2, 0) is 20.9 Å². The quantitative estimate of drug-likeness (QED) is 0.735. The molecule has 0 aliphatic carbocycles. The molecule has 0 saturated carbocycles. The van der Waals surface area contributed by atoms with Crippen molar-refractivity contribution >= 4 is 34.4 Å². The molecule has 0 radical (unpaired) electrons. The molecule has 0 bridgehead atoms. The molecule has 23 heavy (non-hydrogen) atoms. The number of nitrogens with one attached hydrogen (secondary N) is 1. The SMILES string of the molecule is CN1C(=O)Cn2c(=O)n(C3CCC(=O)NC3=O)c3cccc1c32. The number of benzene rings is 1. The van der Waals surface area contributed by atoms with Gasteiger partial charge in [0, 0.05) is 13.5 Å². The Hall–Kier alpha value is -2.90. The number of hydrogen-bond acceptors (Lipinski definition) is 4. The number of nitrogens with zero attached hydrogens (tertiary/aromatic N) is 3. The minimum absolute atomic E-state index is 0.0525. The van der Waals surface area contributed by atoms with Gasteiger partial charge in [-0.05, 0) is 18.6 Å². The molecule has 1 atom stereocenters. The van der Waals surface area contributed by atoms with Gasteiger partial charge in [-0.2, -0.15) is 0 Å². The second-order valence-electron chi connectivity index (χ2n) is 5.80. The van der Waals surface area contributed by atoms with Crippen LogP contribution in [0.4, 0.5) is 5.69 Å². The number of piperidine rings is 1. The average Bonchev–Trinajstić information content (AvgIpc) is 2.79. The Morgan fingerprint density at radius 2 is 1.96 bits per heavy atom. The molecular formula is C15H14N4O4. The highest BCUT2D eigenvalue weighted by Crippen LogP contribution is 2.31. The maximum absolute atomic E-state index is 12.8. The Labute approximate surface area is 130 Å². The molecule has 1 saturated heterocycles. The molecule has 2 aromatic rings. The van der Waals surface area contributed by atoms with E-state index in [-0.39, 0.29) is 31.2 Å². The smallest absolute Gasteiger partial charge is 0.312 e. The first kappa shape index (κ1) is 13.7. The third-order valence-corrected chi connectivity index (χ3v) is 4.51. The van der Waals surface area contributed by atoms with Crippen LogP contribution in [0.25, 0.3) is 11.0 Å². The van der Waals surface area contributed by atoms with E-state index in [1.165, 1.54) is 14.0 Å². The molecule has 2 aliphatic heterocycles. The van der Waals surface area contributed by atoms with E-state index in [0.717, 1.165) is 0 Å². The highest BCUT2D eigenvalue weighted by atomic mass is 16.2. The lowest BCUT2D eigenvalue weighted by Gasteiger charge is -2.23. The van der Waals surface area contributed by atoms with Gasteiger partial charge in [0.15, 0.2) is 0 Å². The summed E-state index contributed by atoms with van der Waals surface area (Å²) in [6.07, 6.45) is 0.464. The number of para-hydroxylation sites is 1. The number of carbonyl (C=O) groups excluding carboxylic acids is 3. The average molecular weight is 314 g/mol. The summed E-state index contributed by atoms with van der Waals surface area (Å²) in [5, 5.41) is 2.27. The van der Waals surface area contributed by atoms with Crippen molar-refractivity contribution in [3.05, 3.63) is 28.7 Å². The lowest BCUT2D eigenvalue weighted by molar-refractivity contribution is -0.135. The number of imidazole rings is 1. The number of rotatable bonds is 1. The molecule has 8 nitrogen and oxygen atoms in total. The van der Waals surface area contributed by atoms with Crippen LogP contribution in [-0.4, -0.2) is 33.9 Å². The molecule has 4 rings (SSSR count). The second kappa shape index (κ2) is 4.55. The minimum atomic E-state index is -0.738. The summed E-state index contributed by atoms with van der Waals surface area (Å²) in [5.74, 6) is -0.997. The first-order chi connectivity index (χ1) is 11.0. The van der Waals surface area contributed by atoms with Crippen LogP contribution in [0.5, 0.6) is 0 Å². The second-order valence-corrected chi connectivity index (χ2v) is 5.80. The van der Waals surface area contributed by atoms with Crippen LogP contribution in [0.2, 0.25) is 0 Å². The zero-order valence-corrected chi connectivity index (χ0v) is 12.4. The van der Waals surface area contributed by atoms with Gasteiger partial charge in [0.2, 0.25) is 17.7 Å². The Morgan fingerprint density at radius 3 is 2.70 bits per heavy atom. The van der Waals surface area contributed by atoms with Crippen LogP contribution in [0.3, 0.4) is 0 Å². The van der Waals surface area contributed by atoms with Crippen LogP contribution in [0.15, 0.2) is 23.0 Å². The lowest BCUT2D eigenvalue weighted by Crippen LogP contribution is -2.45. The first-order valence-electron chi connectivity index (χ1n) is 7.33. The van der Waals surface area contributed by atoms with Gasteiger partial charge in [0.25, 0.3) is 0 Å². The van der Waals surface area contributed by atoms with Gasteiger partial charge in [-0.1, -0.05) is 6.07 Å². The Kier molecular flexibility index (Phi) is 2.72. The van der Waals surface area contributed by atoms with Crippen molar-refractivity contribution < 1.29 is 14.4 Å². The van der Waals surface area contributed by atoms with Gasteiger partial charge in [0.05, 0.1) is 16.7 Å². The van der Waals surface area contributed by atoms with Crippen molar-refractivity contribution in [2.45, 2.75) is 25.4 Å². The summed E-state index contributed by atoms with van der Waals surface area (Å²) in [7, 11) is 1.66. The van der Waals surface area contributed by atoms with E-state index in [0.29, 0.717) is 16.7 Å². The third-order valence-electron chi connectivity index (χ3n) is 4.51. The van der Waals surface area contributed by atoms with E-state index in [2.05, 4.69) is 5.32 Å². The normalized spacial score (nSPS) is 21.0. The van der Waals surface area contributed by atoms with E-state index < -0.39 is 17.6 Å². The van der Waals surface area contributed by atoms with Gasteiger partial charge >= 0.3 is 5.69 Å². The largest absolute Gasteiger partial charge is 0.330 e. The highest BCUT2D eigenvalue weighted by molar-refractivity contribution is 6.05. The number of amides is 3. The van der Waals surface area contributed by atoms with Crippen LogP contribution in [0, 0.1) is 0 Å². The summed E-state index contributed by atoms with van der Waals surface area (Å²) >= 11 is 0. The standard InChI is InChI=1S/C15H14N4O4/c1-17-8-3-2-4-9-13(8)18(7-12(17)21)15(23)19(9)10-5-6-11(20)16-14(10)22/h2-4,10H,5-7H2,1H3,(H,16,20,22). The van der Waals surface area contributed by atoms with Gasteiger partial charge < -0.3 is 4.90 Å².